The fraction of sp³-hybridized carbons (Fsp3) is 0.200. The molecule has 0 atom stereocenters. The second-order valence-corrected chi connectivity index (χ2v) is 6.78. The third-order valence-electron chi connectivity index (χ3n) is 3.56. The van der Waals surface area contributed by atoms with Crippen molar-refractivity contribution in [1.82, 2.24) is 4.31 Å². The molecule has 0 spiro atoms. The predicted octanol–water partition coefficient (Wildman–Crippen LogP) is 2.53. The Morgan fingerprint density at radius 3 is 2.47 bits per heavy atom. The van der Waals surface area contributed by atoms with Gasteiger partial charge in [0, 0.05) is 13.6 Å². The van der Waals surface area contributed by atoms with Crippen LogP contribution in [0.5, 0.6) is 0 Å². The van der Waals surface area contributed by atoms with Gasteiger partial charge in [0.2, 0.25) is 10.0 Å². The smallest absolute Gasteiger partial charge is 0.207 e. The van der Waals surface area contributed by atoms with E-state index in [2.05, 4.69) is 0 Å². The molecule has 0 amide bonds. The average Bonchev–Trinajstić information content (AvgIpc) is 2.44. The maximum absolute atomic E-state index is 12.3. The van der Waals surface area contributed by atoms with Gasteiger partial charge in [0.15, 0.2) is 0 Å². The molecule has 0 saturated carbocycles. The van der Waals surface area contributed by atoms with Crippen LogP contribution < -0.4 is 0 Å². The van der Waals surface area contributed by atoms with Crippen molar-refractivity contribution >= 4 is 10.0 Å². The normalized spacial score (nSPS) is 17.9. The second kappa shape index (κ2) is 4.47. The summed E-state index contributed by atoms with van der Waals surface area (Å²) in [6, 6.07) is 15.5. The number of likely N-dealkylation sites (N-methyl/N-ethyl adjacent to an activating group) is 1. The maximum Gasteiger partial charge on any atom is 0.243 e. The van der Waals surface area contributed by atoms with E-state index in [1.54, 1.807) is 13.1 Å². The van der Waals surface area contributed by atoms with Gasteiger partial charge in [-0.2, -0.15) is 0 Å². The standard InChI is InChI=1S/C15H15NO2S/c1-16-10-9-13-7-8-14(11-15(13)19(16,17)18)12-5-3-2-4-6-12/h2-8,11H,9-10H2,1H3. The van der Waals surface area contributed by atoms with E-state index in [9.17, 15) is 8.42 Å². The molecule has 19 heavy (non-hydrogen) atoms. The number of nitrogens with zero attached hydrogens (tertiary/aromatic N) is 1. The van der Waals surface area contributed by atoms with Crippen LogP contribution in [0.3, 0.4) is 0 Å². The lowest BCUT2D eigenvalue weighted by molar-refractivity contribution is 0.457. The molecule has 0 unspecified atom stereocenters. The van der Waals surface area contributed by atoms with E-state index in [-0.39, 0.29) is 0 Å². The first kappa shape index (κ1) is 12.4. The Balaban J connectivity index is 2.17. The highest BCUT2D eigenvalue weighted by Gasteiger charge is 2.28. The molecule has 0 saturated heterocycles. The Morgan fingerprint density at radius 2 is 1.74 bits per heavy atom. The van der Waals surface area contributed by atoms with Gasteiger partial charge in [-0.05, 0) is 29.2 Å². The van der Waals surface area contributed by atoms with Crippen LogP contribution in [0.2, 0.25) is 0 Å². The zero-order valence-electron chi connectivity index (χ0n) is 10.7. The minimum atomic E-state index is -3.32. The quantitative estimate of drug-likeness (QED) is 0.800. The minimum Gasteiger partial charge on any atom is -0.207 e. The van der Waals surface area contributed by atoms with Crippen molar-refractivity contribution in [2.45, 2.75) is 11.3 Å². The van der Waals surface area contributed by atoms with Crippen molar-refractivity contribution in [2.75, 3.05) is 13.6 Å². The minimum absolute atomic E-state index is 0.447. The molecule has 0 radical (unpaired) electrons. The Labute approximate surface area is 113 Å². The van der Waals surface area contributed by atoms with Gasteiger partial charge in [-0.1, -0.05) is 42.5 Å². The van der Waals surface area contributed by atoms with Crippen LogP contribution in [0.25, 0.3) is 11.1 Å². The van der Waals surface area contributed by atoms with Crippen molar-refractivity contribution in [3.05, 3.63) is 54.1 Å². The molecule has 1 aliphatic heterocycles. The van der Waals surface area contributed by atoms with Crippen molar-refractivity contribution < 1.29 is 8.42 Å². The highest BCUT2D eigenvalue weighted by Crippen LogP contribution is 2.30. The van der Waals surface area contributed by atoms with E-state index in [0.717, 1.165) is 23.1 Å². The summed E-state index contributed by atoms with van der Waals surface area (Å²) in [6.45, 7) is 0.556. The first-order valence-electron chi connectivity index (χ1n) is 6.24. The monoisotopic (exact) mass is 273 g/mol. The Kier molecular flexibility index (Phi) is 2.92. The number of sulfonamides is 1. The predicted molar refractivity (Wildman–Crippen MR) is 75.4 cm³/mol. The van der Waals surface area contributed by atoms with E-state index >= 15 is 0 Å². The second-order valence-electron chi connectivity index (χ2n) is 4.77. The molecule has 2 aromatic rings. The number of rotatable bonds is 1. The molecule has 98 valence electrons. The van der Waals surface area contributed by atoms with Gasteiger partial charge in [0.05, 0.1) is 4.90 Å². The fourth-order valence-corrected chi connectivity index (χ4v) is 3.82. The lowest BCUT2D eigenvalue weighted by Crippen LogP contribution is -2.33. The van der Waals surface area contributed by atoms with Crippen molar-refractivity contribution in [3.63, 3.8) is 0 Å². The molecule has 0 N–H and O–H groups in total. The van der Waals surface area contributed by atoms with Crippen LogP contribution in [0.1, 0.15) is 5.56 Å². The van der Waals surface area contributed by atoms with Gasteiger partial charge < -0.3 is 0 Å². The Hall–Kier alpha value is -1.65. The van der Waals surface area contributed by atoms with Gasteiger partial charge in [0.1, 0.15) is 0 Å². The third kappa shape index (κ3) is 2.07. The SMILES string of the molecule is CN1CCc2ccc(-c3ccccc3)cc2S1(=O)=O. The van der Waals surface area contributed by atoms with Gasteiger partial charge in [-0.3, -0.25) is 0 Å². The van der Waals surface area contributed by atoms with Crippen molar-refractivity contribution in [3.8, 4) is 11.1 Å². The highest BCUT2D eigenvalue weighted by molar-refractivity contribution is 7.89. The summed E-state index contributed by atoms with van der Waals surface area (Å²) in [4.78, 5) is 0.447. The topological polar surface area (TPSA) is 37.4 Å². The van der Waals surface area contributed by atoms with Gasteiger partial charge in [0.25, 0.3) is 0 Å². The van der Waals surface area contributed by atoms with Crippen molar-refractivity contribution in [2.24, 2.45) is 0 Å². The first-order chi connectivity index (χ1) is 9.09. The summed E-state index contributed by atoms with van der Waals surface area (Å²) in [7, 11) is -1.69. The van der Waals surface area contributed by atoms with Crippen LogP contribution in [0.4, 0.5) is 0 Å². The van der Waals surface area contributed by atoms with Gasteiger partial charge in [-0.15, -0.1) is 0 Å². The van der Waals surface area contributed by atoms with Crippen LogP contribution >= 0.6 is 0 Å². The summed E-state index contributed by atoms with van der Waals surface area (Å²) in [5, 5.41) is 0. The van der Waals surface area contributed by atoms with Crippen molar-refractivity contribution in [1.29, 1.82) is 0 Å². The third-order valence-corrected chi connectivity index (χ3v) is 5.50. The van der Waals surface area contributed by atoms with E-state index in [4.69, 9.17) is 0 Å². The fourth-order valence-electron chi connectivity index (χ4n) is 2.38. The zero-order chi connectivity index (χ0) is 13.5. The number of hydrogen-bond acceptors (Lipinski definition) is 2. The van der Waals surface area contributed by atoms with Crippen LogP contribution in [0, 0.1) is 0 Å². The van der Waals surface area contributed by atoms with Gasteiger partial charge >= 0.3 is 0 Å². The summed E-state index contributed by atoms with van der Waals surface area (Å²) < 4.78 is 26.0. The van der Waals surface area contributed by atoms with Crippen LogP contribution in [0.15, 0.2) is 53.4 Å². The Bertz CT molecular complexity index is 708. The summed E-state index contributed by atoms with van der Waals surface area (Å²) in [5.41, 5.74) is 2.89. The number of benzene rings is 2. The summed E-state index contributed by atoms with van der Waals surface area (Å²) in [5.74, 6) is 0. The van der Waals surface area contributed by atoms with Crippen LogP contribution in [-0.2, 0) is 16.4 Å². The molecule has 2 aromatic carbocycles. The van der Waals surface area contributed by atoms with E-state index < -0.39 is 10.0 Å². The van der Waals surface area contributed by atoms with E-state index in [0.29, 0.717) is 11.4 Å². The molecule has 0 bridgehead atoms. The largest absolute Gasteiger partial charge is 0.243 e. The highest BCUT2D eigenvalue weighted by atomic mass is 32.2. The molecule has 0 aliphatic carbocycles. The molecular formula is C15H15NO2S. The van der Waals surface area contributed by atoms with Crippen LogP contribution in [-0.4, -0.2) is 26.3 Å². The average molecular weight is 273 g/mol. The Morgan fingerprint density at radius 1 is 1.00 bits per heavy atom. The molecule has 1 heterocycles. The molecule has 3 rings (SSSR count). The maximum atomic E-state index is 12.3. The summed E-state index contributed by atoms with van der Waals surface area (Å²) in [6.07, 6.45) is 0.778. The van der Waals surface area contributed by atoms with E-state index in [1.165, 1.54) is 4.31 Å². The lowest BCUT2D eigenvalue weighted by atomic mass is 10.0. The zero-order valence-corrected chi connectivity index (χ0v) is 11.5. The summed E-state index contributed by atoms with van der Waals surface area (Å²) >= 11 is 0. The number of fused-ring (bicyclic) bond motifs is 1. The molecule has 3 nitrogen and oxygen atoms in total. The molecule has 0 fully saturated rings. The lowest BCUT2D eigenvalue weighted by Gasteiger charge is -2.25. The number of hydrogen-bond donors (Lipinski definition) is 0. The molecule has 0 aromatic heterocycles. The first-order valence-corrected chi connectivity index (χ1v) is 7.68. The molecule has 1 aliphatic rings. The van der Waals surface area contributed by atoms with E-state index in [1.807, 2.05) is 42.5 Å². The molecular weight excluding hydrogens is 258 g/mol. The van der Waals surface area contributed by atoms with Gasteiger partial charge in [-0.25, -0.2) is 12.7 Å². The molecule has 4 heteroatoms.